The van der Waals surface area contributed by atoms with Crippen molar-refractivity contribution in [1.29, 1.82) is 5.26 Å². The van der Waals surface area contributed by atoms with E-state index in [-0.39, 0.29) is 5.48 Å². The summed E-state index contributed by atoms with van der Waals surface area (Å²) in [7, 11) is 0. The van der Waals surface area contributed by atoms with Gasteiger partial charge in [0.2, 0.25) is 0 Å². The third kappa shape index (κ3) is 2.26. The fourth-order valence-corrected chi connectivity index (χ4v) is 0.925. The van der Waals surface area contributed by atoms with Gasteiger partial charge in [-0.05, 0) is 19.1 Å². The molecule has 0 fully saturated rings. The molecule has 0 spiro atoms. The lowest BCUT2D eigenvalue weighted by atomic mass is 10.2. The van der Waals surface area contributed by atoms with Crippen LogP contribution in [-0.2, 0) is 0 Å². The van der Waals surface area contributed by atoms with Crippen LogP contribution in [0.4, 0.5) is 5.69 Å². The molecular weight excluding hydrogens is 152 g/mol. The second kappa shape index (κ2) is 5.16. The van der Waals surface area contributed by atoms with Crippen LogP contribution < -0.4 is 5.32 Å². The van der Waals surface area contributed by atoms with Gasteiger partial charge in [0.05, 0.1) is 11.3 Å². The first-order valence-electron chi connectivity index (χ1n) is 3.61. The minimum Gasteiger partial charge on any atom is -0.412 e. The third-order valence-electron chi connectivity index (χ3n) is 1.41. The maximum absolute atomic E-state index is 8.66. The van der Waals surface area contributed by atoms with Gasteiger partial charge >= 0.3 is 0 Å². The standard InChI is InChI=1S/C9H10N2.H2O/c1-2-11-9-6-4-3-5-8(9)7-10;/h3-6,11H,2H2,1H3;1H2. The number of nitriles is 1. The molecular formula is C9H12N2O. The van der Waals surface area contributed by atoms with Gasteiger partial charge in [-0.1, -0.05) is 12.1 Å². The average molecular weight is 164 g/mol. The number of rotatable bonds is 2. The first-order chi connectivity index (χ1) is 5.38. The molecule has 1 rings (SSSR count). The van der Waals surface area contributed by atoms with Crippen LogP contribution in [0.25, 0.3) is 0 Å². The highest BCUT2D eigenvalue weighted by molar-refractivity contribution is 5.56. The topological polar surface area (TPSA) is 67.3 Å². The number of anilines is 1. The minimum absolute atomic E-state index is 0. The Kier molecular flexibility index (Phi) is 4.51. The molecule has 0 heterocycles. The molecule has 12 heavy (non-hydrogen) atoms. The third-order valence-corrected chi connectivity index (χ3v) is 1.41. The van der Waals surface area contributed by atoms with Crippen molar-refractivity contribution in [3.05, 3.63) is 29.8 Å². The zero-order chi connectivity index (χ0) is 8.10. The van der Waals surface area contributed by atoms with Gasteiger partial charge in [-0.25, -0.2) is 0 Å². The Morgan fingerprint density at radius 1 is 1.42 bits per heavy atom. The molecule has 3 N–H and O–H groups in total. The summed E-state index contributed by atoms with van der Waals surface area (Å²) in [5, 5.41) is 11.8. The maximum atomic E-state index is 8.66. The van der Waals surface area contributed by atoms with Crippen molar-refractivity contribution in [2.24, 2.45) is 0 Å². The summed E-state index contributed by atoms with van der Waals surface area (Å²) < 4.78 is 0. The molecule has 0 aromatic heterocycles. The number of nitrogens with one attached hydrogen (secondary N) is 1. The summed E-state index contributed by atoms with van der Waals surface area (Å²) >= 11 is 0. The molecule has 0 aliphatic heterocycles. The number of para-hydroxylation sites is 1. The van der Waals surface area contributed by atoms with E-state index in [4.69, 9.17) is 5.26 Å². The second-order valence-electron chi connectivity index (χ2n) is 2.19. The van der Waals surface area contributed by atoms with Crippen LogP contribution in [0, 0.1) is 11.3 Å². The Balaban J connectivity index is 0.00000121. The highest BCUT2D eigenvalue weighted by Gasteiger charge is 1.95. The normalized spacial score (nSPS) is 8.00. The lowest BCUT2D eigenvalue weighted by Gasteiger charge is -2.03. The average Bonchev–Trinajstić information content (AvgIpc) is 2.06. The van der Waals surface area contributed by atoms with Crippen molar-refractivity contribution >= 4 is 5.69 Å². The Morgan fingerprint density at radius 2 is 2.08 bits per heavy atom. The van der Waals surface area contributed by atoms with E-state index in [1.54, 1.807) is 6.07 Å². The number of hydrogen-bond acceptors (Lipinski definition) is 2. The van der Waals surface area contributed by atoms with Gasteiger partial charge in [0.1, 0.15) is 6.07 Å². The molecule has 0 saturated heterocycles. The Labute approximate surface area is 71.9 Å². The van der Waals surface area contributed by atoms with E-state index < -0.39 is 0 Å². The highest BCUT2D eigenvalue weighted by Crippen LogP contribution is 2.12. The van der Waals surface area contributed by atoms with Crippen molar-refractivity contribution < 1.29 is 5.48 Å². The smallest absolute Gasteiger partial charge is 0.101 e. The van der Waals surface area contributed by atoms with Crippen molar-refractivity contribution in [2.75, 3.05) is 11.9 Å². The molecule has 3 nitrogen and oxygen atoms in total. The first-order valence-corrected chi connectivity index (χ1v) is 3.61. The zero-order valence-electron chi connectivity index (χ0n) is 6.96. The second-order valence-corrected chi connectivity index (χ2v) is 2.19. The Morgan fingerprint density at radius 3 is 2.67 bits per heavy atom. The van der Waals surface area contributed by atoms with E-state index in [1.807, 2.05) is 25.1 Å². The molecule has 1 aromatic rings. The van der Waals surface area contributed by atoms with Gasteiger partial charge in [0.25, 0.3) is 0 Å². The van der Waals surface area contributed by atoms with Gasteiger partial charge in [-0.15, -0.1) is 0 Å². The summed E-state index contributed by atoms with van der Waals surface area (Å²) in [5.41, 5.74) is 1.62. The van der Waals surface area contributed by atoms with E-state index >= 15 is 0 Å². The molecule has 0 radical (unpaired) electrons. The lowest BCUT2D eigenvalue weighted by Crippen LogP contribution is -1.98. The van der Waals surface area contributed by atoms with Gasteiger partial charge < -0.3 is 10.8 Å². The van der Waals surface area contributed by atoms with Crippen molar-refractivity contribution in [3.8, 4) is 6.07 Å². The first kappa shape index (κ1) is 10.5. The Bertz CT molecular complexity index is 278. The predicted octanol–water partition coefficient (Wildman–Crippen LogP) is 1.17. The lowest BCUT2D eigenvalue weighted by molar-refractivity contribution is 0.824. The molecule has 1 aromatic carbocycles. The van der Waals surface area contributed by atoms with Crippen molar-refractivity contribution in [1.82, 2.24) is 0 Å². The van der Waals surface area contributed by atoms with E-state index in [9.17, 15) is 0 Å². The van der Waals surface area contributed by atoms with Gasteiger partial charge in [0, 0.05) is 6.54 Å². The van der Waals surface area contributed by atoms with E-state index in [0.717, 1.165) is 12.2 Å². The van der Waals surface area contributed by atoms with Crippen molar-refractivity contribution in [2.45, 2.75) is 6.92 Å². The van der Waals surface area contributed by atoms with Crippen LogP contribution in [0.15, 0.2) is 24.3 Å². The van der Waals surface area contributed by atoms with Crippen LogP contribution in [0.1, 0.15) is 12.5 Å². The largest absolute Gasteiger partial charge is 0.412 e. The Hall–Kier alpha value is -1.53. The van der Waals surface area contributed by atoms with Crippen LogP contribution >= 0.6 is 0 Å². The molecule has 64 valence electrons. The van der Waals surface area contributed by atoms with Crippen LogP contribution in [0.5, 0.6) is 0 Å². The van der Waals surface area contributed by atoms with Gasteiger partial charge in [0.15, 0.2) is 0 Å². The van der Waals surface area contributed by atoms with E-state index in [2.05, 4.69) is 11.4 Å². The maximum Gasteiger partial charge on any atom is 0.101 e. The van der Waals surface area contributed by atoms with Gasteiger partial charge in [-0.2, -0.15) is 5.26 Å². The number of hydrogen-bond donors (Lipinski definition) is 1. The van der Waals surface area contributed by atoms with Crippen molar-refractivity contribution in [3.63, 3.8) is 0 Å². The zero-order valence-corrected chi connectivity index (χ0v) is 6.96. The van der Waals surface area contributed by atoms with E-state index in [0.29, 0.717) is 5.56 Å². The molecule has 0 amide bonds. The molecule has 0 aliphatic rings. The summed E-state index contributed by atoms with van der Waals surface area (Å²) in [5.74, 6) is 0. The van der Waals surface area contributed by atoms with Crippen LogP contribution in [0.2, 0.25) is 0 Å². The summed E-state index contributed by atoms with van der Waals surface area (Å²) in [6, 6.07) is 9.60. The molecule has 0 bridgehead atoms. The fourth-order valence-electron chi connectivity index (χ4n) is 0.925. The van der Waals surface area contributed by atoms with Gasteiger partial charge in [-0.3, -0.25) is 0 Å². The van der Waals surface area contributed by atoms with Crippen LogP contribution in [0.3, 0.4) is 0 Å². The minimum atomic E-state index is 0. The highest BCUT2D eigenvalue weighted by atomic mass is 16.0. The fraction of sp³-hybridized carbons (Fsp3) is 0.222. The number of nitrogens with zero attached hydrogens (tertiary/aromatic N) is 1. The monoisotopic (exact) mass is 164 g/mol. The summed E-state index contributed by atoms with van der Waals surface area (Å²) in [6.07, 6.45) is 0. The molecule has 0 aliphatic carbocycles. The molecule has 3 heteroatoms. The quantitative estimate of drug-likeness (QED) is 0.712. The molecule has 0 atom stereocenters. The SMILES string of the molecule is CCNc1ccccc1C#N.O. The molecule has 0 unspecified atom stereocenters. The van der Waals surface area contributed by atoms with Crippen LogP contribution in [-0.4, -0.2) is 12.0 Å². The summed E-state index contributed by atoms with van der Waals surface area (Å²) in [6.45, 7) is 2.85. The predicted molar refractivity (Wildman–Crippen MR) is 48.9 cm³/mol. The molecule has 0 saturated carbocycles. The van der Waals surface area contributed by atoms with E-state index in [1.165, 1.54) is 0 Å². The number of benzene rings is 1. The summed E-state index contributed by atoms with van der Waals surface area (Å²) in [4.78, 5) is 0.